The van der Waals surface area contributed by atoms with Crippen molar-refractivity contribution in [3.63, 3.8) is 0 Å². The molecule has 1 rings (SSSR count). The second-order valence-electron chi connectivity index (χ2n) is 19.3. The first kappa shape index (κ1) is 62.2. The van der Waals surface area contributed by atoms with E-state index in [1.54, 1.807) is 6.08 Å². The average molecular weight is 938 g/mol. The maximum Gasteiger partial charge on any atom is 0.305 e. The molecule has 7 unspecified atom stereocenters. The number of aliphatic hydroxyl groups excluding tert-OH is 5. The lowest BCUT2D eigenvalue weighted by molar-refractivity contribution is -0.302. The minimum Gasteiger partial charge on any atom is -0.466 e. The Morgan fingerprint density at radius 3 is 1.45 bits per heavy atom. The van der Waals surface area contributed by atoms with Crippen molar-refractivity contribution in [2.24, 2.45) is 0 Å². The summed E-state index contributed by atoms with van der Waals surface area (Å²) in [5, 5.41) is 54.1. The van der Waals surface area contributed by atoms with Gasteiger partial charge < -0.3 is 45.1 Å². The summed E-state index contributed by atoms with van der Waals surface area (Å²) in [5.74, 6) is -0.266. The van der Waals surface area contributed by atoms with Gasteiger partial charge in [0.2, 0.25) is 5.91 Å². The molecule has 1 fully saturated rings. The van der Waals surface area contributed by atoms with Crippen molar-refractivity contribution in [1.82, 2.24) is 5.32 Å². The first-order valence-corrected chi connectivity index (χ1v) is 27.6. The van der Waals surface area contributed by atoms with Crippen molar-refractivity contribution >= 4 is 11.9 Å². The van der Waals surface area contributed by atoms with Gasteiger partial charge in [-0.1, -0.05) is 205 Å². The number of amides is 1. The van der Waals surface area contributed by atoms with Crippen molar-refractivity contribution in [3.8, 4) is 0 Å². The summed E-state index contributed by atoms with van der Waals surface area (Å²) in [4.78, 5) is 25.1. The molecule has 0 aromatic rings. The van der Waals surface area contributed by atoms with Gasteiger partial charge in [-0.15, -0.1) is 0 Å². The van der Waals surface area contributed by atoms with E-state index in [1.807, 2.05) is 6.08 Å². The highest BCUT2D eigenvalue weighted by molar-refractivity contribution is 5.76. The molecule has 0 radical (unpaired) electrons. The number of esters is 1. The number of carbonyl (C=O) groups excluding carboxylic acids is 2. The monoisotopic (exact) mass is 938 g/mol. The Kier molecular flexibility index (Phi) is 42.9. The van der Waals surface area contributed by atoms with Gasteiger partial charge in [0.25, 0.3) is 0 Å². The van der Waals surface area contributed by atoms with Crippen molar-refractivity contribution < 1.29 is 49.3 Å². The van der Waals surface area contributed by atoms with Gasteiger partial charge in [0.1, 0.15) is 24.4 Å². The van der Waals surface area contributed by atoms with Crippen LogP contribution in [-0.4, -0.2) is 100 Å². The fourth-order valence-electron chi connectivity index (χ4n) is 8.60. The summed E-state index contributed by atoms with van der Waals surface area (Å²) in [6, 6.07) is -0.829. The van der Waals surface area contributed by atoms with E-state index in [1.165, 1.54) is 135 Å². The zero-order chi connectivity index (χ0) is 48.1. The average Bonchev–Trinajstić information content (AvgIpc) is 3.31. The maximum atomic E-state index is 13.0. The molecule has 1 amide bonds. The largest absolute Gasteiger partial charge is 0.466 e. The van der Waals surface area contributed by atoms with Gasteiger partial charge in [-0.05, 0) is 57.8 Å². The predicted molar refractivity (Wildman–Crippen MR) is 269 cm³/mol. The zero-order valence-electron chi connectivity index (χ0n) is 42.4. The third kappa shape index (κ3) is 35.3. The molecule has 66 heavy (non-hydrogen) atoms. The van der Waals surface area contributed by atoms with E-state index in [0.29, 0.717) is 19.4 Å². The molecule has 7 atom stereocenters. The normalized spacial score (nSPS) is 19.8. The lowest BCUT2D eigenvalue weighted by atomic mass is 9.99. The molecule has 6 N–H and O–H groups in total. The van der Waals surface area contributed by atoms with Crippen LogP contribution in [0.3, 0.4) is 0 Å². The number of unbranched alkanes of at least 4 members (excludes halogenated alkanes) is 31. The van der Waals surface area contributed by atoms with Crippen LogP contribution in [0.5, 0.6) is 0 Å². The van der Waals surface area contributed by atoms with Crippen LogP contribution in [-0.2, 0) is 23.8 Å². The zero-order valence-corrected chi connectivity index (χ0v) is 42.4. The summed E-state index contributed by atoms with van der Waals surface area (Å²) in [6.45, 7) is 4.21. The van der Waals surface area contributed by atoms with Crippen LogP contribution in [0.4, 0.5) is 0 Å². The molecule has 1 aliphatic rings. The van der Waals surface area contributed by atoms with Gasteiger partial charge in [-0.25, -0.2) is 0 Å². The lowest BCUT2D eigenvalue weighted by Crippen LogP contribution is -2.60. The topological polar surface area (TPSA) is 175 Å². The van der Waals surface area contributed by atoms with Crippen LogP contribution < -0.4 is 5.32 Å². The number of hydrogen-bond donors (Lipinski definition) is 6. The summed E-state index contributed by atoms with van der Waals surface area (Å²) in [6.07, 6.45) is 42.8. The highest BCUT2D eigenvalue weighted by atomic mass is 16.7. The van der Waals surface area contributed by atoms with Crippen LogP contribution in [0.1, 0.15) is 251 Å². The summed E-state index contributed by atoms with van der Waals surface area (Å²) in [5.41, 5.74) is 0. The number of allylic oxidation sites excluding steroid dienone is 3. The van der Waals surface area contributed by atoms with Crippen LogP contribution in [0.15, 0.2) is 24.3 Å². The third-order valence-corrected chi connectivity index (χ3v) is 13.1. The fraction of sp³-hybridized carbons (Fsp3) is 0.891. The summed E-state index contributed by atoms with van der Waals surface area (Å²) >= 11 is 0. The Morgan fingerprint density at radius 2 is 0.970 bits per heavy atom. The SMILES string of the molecule is CCCCCCCCC/C=C/C(O)C(COC1OC(CO)C(O)C(O)C1O)NC(=O)CCCCCCC/C=C\CCCCOC(=O)CCCCCCCCCCCCCCCCCCCC. The Hall–Kier alpha value is -1.86. The van der Waals surface area contributed by atoms with Crippen LogP contribution >= 0.6 is 0 Å². The quantitative estimate of drug-likeness (QED) is 0.0196. The minimum atomic E-state index is -1.58. The van der Waals surface area contributed by atoms with E-state index >= 15 is 0 Å². The van der Waals surface area contributed by atoms with E-state index in [4.69, 9.17) is 14.2 Å². The number of aliphatic hydroxyl groups is 5. The van der Waals surface area contributed by atoms with Crippen molar-refractivity contribution in [2.75, 3.05) is 19.8 Å². The molecular weight excluding hydrogens is 835 g/mol. The first-order chi connectivity index (χ1) is 32.2. The molecular formula is C55H103NO10. The number of ether oxygens (including phenoxy) is 3. The standard InChI is InChI=1S/C55H103NO10/c1-3-5-7-9-11-13-14-15-16-17-18-19-20-23-27-31-35-39-43-51(60)64-44-40-36-32-28-24-21-22-26-30-34-38-42-50(59)56-47(48(58)41-37-33-29-25-12-10-8-6-4-2)46-65-55-54(63)53(62)52(61)49(45-57)66-55/h24,28,37,41,47-49,52-55,57-58,61-63H,3-23,25-27,29-36,38-40,42-46H2,1-2H3,(H,56,59)/b28-24-,41-37+. The van der Waals surface area contributed by atoms with Crippen molar-refractivity contribution in [3.05, 3.63) is 24.3 Å². The number of nitrogens with one attached hydrogen (secondary N) is 1. The molecule has 388 valence electrons. The van der Waals surface area contributed by atoms with Crippen molar-refractivity contribution in [2.45, 2.75) is 294 Å². The van der Waals surface area contributed by atoms with Gasteiger partial charge >= 0.3 is 5.97 Å². The van der Waals surface area contributed by atoms with E-state index in [9.17, 15) is 35.1 Å². The fourth-order valence-corrected chi connectivity index (χ4v) is 8.60. The first-order valence-electron chi connectivity index (χ1n) is 27.6. The Labute approximate surface area is 403 Å². The molecule has 1 aliphatic heterocycles. The third-order valence-electron chi connectivity index (χ3n) is 13.1. The Balaban J connectivity index is 2.10. The van der Waals surface area contributed by atoms with Gasteiger partial charge in [0.05, 0.1) is 32.0 Å². The molecule has 0 spiro atoms. The molecule has 1 heterocycles. The van der Waals surface area contributed by atoms with Gasteiger partial charge in [0, 0.05) is 12.8 Å². The van der Waals surface area contributed by atoms with E-state index in [2.05, 4.69) is 31.3 Å². The molecule has 0 aliphatic carbocycles. The molecule has 0 aromatic carbocycles. The lowest BCUT2D eigenvalue weighted by Gasteiger charge is -2.40. The van der Waals surface area contributed by atoms with E-state index in [0.717, 1.165) is 89.9 Å². The molecule has 0 bridgehead atoms. The van der Waals surface area contributed by atoms with Crippen molar-refractivity contribution in [1.29, 1.82) is 0 Å². The Bertz CT molecular complexity index is 1150. The molecule has 11 nitrogen and oxygen atoms in total. The summed E-state index contributed by atoms with van der Waals surface area (Å²) < 4.78 is 16.6. The van der Waals surface area contributed by atoms with Crippen LogP contribution in [0.2, 0.25) is 0 Å². The second kappa shape index (κ2) is 45.6. The van der Waals surface area contributed by atoms with E-state index in [-0.39, 0.29) is 18.5 Å². The molecule has 1 saturated heterocycles. The van der Waals surface area contributed by atoms with Crippen LogP contribution in [0, 0.1) is 0 Å². The van der Waals surface area contributed by atoms with Crippen LogP contribution in [0.25, 0.3) is 0 Å². The maximum absolute atomic E-state index is 13.0. The second-order valence-corrected chi connectivity index (χ2v) is 19.3. The number of hydrogen-bond acceptors (Lipinski definition) is 10. The minimum absolute atomic E-state index is 0.0533. The molecule has 0 aromatic heterocycles. The smallest absolute Gasteiger partial charge is 0.305 e. The number of rotatable bonds is 47. The van der Waals surface area contributed by atoms with Gasteiger partial charge in [-0.2, -0.15) is 0 Å². The van der Waals surface area contributed by atoms with Gasteiger partial charge in [0.15, 0.2) is 6.29 Å². The molecule has 0 saturated carbocycles. The highest BCUT2D eigenvalue weighted by Crippen LogP contribution is 2.23. The van der Waals surface area contributed by atoms with Gasteiger partial charge in [-0.3, -0.25) is 9.59 Å². The van der Waals surface area contributed by atoms with E-state index < -0.39 is 49.5 Å². The summed E-state index contributed by atoms with van der Waals surface area (Å²) in [7, 11) is 0. The Morgan fingerprint density at radius 1 is 0.545 bits per heavy atom. The highest BCUT2D eigenvalue weighted by Gasteiger charge is 2.44. The number of carbonyl (C=O) groups is 2. The molecule has 11 heteroatoms. The predicted octanol–water partition coefficient (Wildman–Crippen LogP) is 11.8.